The molecule has 302 valence electrons. The van der Waals surface area contributed by atoms with Crippen LogP contribution in [0.2, 0.25) is 0 Å². The minimum absolute atomic E-state index is 0.358. The number of nitrogens with zero attached hydrogens (tertiary/aromatic N) is 5. The number of aliphatic carboxylic acids is 2. The lowest BCUT2D eigenvalue weighted by atomic mass is 9.96. The summed E-state index contributed by atoms with van der Waals surface area (Å²) in [5, 5.41) is 19.2. The van der Waals surface area contributed by atoms with E-state index < -0.39 is 23.3 Å². The van der Waals surface area contributed by atoms with Crippen LogP contribution in [0.4, 0.5) is 17.1 Å². The van der Waals surface area contributed by atoms with Crippen LogP contribution in [0.5, 0.6) is 0 Å². The van der Waals surface area contributed by atoms with Gasteiger partial charge < -0.3 is 15.1 Å². The molecule has 0 amide bonds. The average Bonchev–Trinajstić information content (AvgIpc) is 3.95. The first kappa shape index (κ1) is 42.0. The number of fused-ring (bicyclic) bond motifs is 1. The first-order valence-electron chi connectivity index (χ1n) is 20.0. The van der Waals surface area contributed by atoms with Gasteiger partial charge in [0.2, 0.25) is 0 Å². The summed E-state index contributed by atoms with van der Waals surface area (Å²) in [4.78, 5) is 34.3. The predicted octanol–water partition coefficient (Wildman–Crippen LogP) is 13.8. The highest BCUT2D eigenvalue weighted by Gasteiger charge is 2.20. The van der Waals surface area contributed by atoms with E-state index in [9.17, 15) is 19.8 Å². The lowest BCUT2D eigenvalue weighted by Crippen LogP contribution is -2.09. The van der Waals surface area contributed by atoms with Crippen LogP contribution in [0, 0.1) is 13.1 Å². The molecule has 0 aliphatic heterocycles. The number of carboxylic acids is 2. The molecule has 61 heavy (non-hydrogen) atoms. The second-order valence-corrected chi connectivity index (χ2v) is 16.0. The third-order valence-electron chi connectivity index (χ3n) is 10.3. The second-order valence-electron chi connectivity index (χ2n) is 14.4. The quantitative estimate of drug-likeness (QED) is 0.0533. The topological polar surface area (TPSA) is 112 Å². The maximum absolute atomic E-state index is 11.7. The van der Waals surface area contributed by atoms with Crippen molar-refractivity contribution in [3.63, 3.8) is 0 Å². The molecule has 0 fully saturated rings. The molecule has 0 aliphatic carbocycles. The van der Waals surface area contributed by atoms with Gasteiger partial charge in [-0.2, -0.15) is 8.75 Å². The van der Waals surface area contributed by atoms with Gasteiger partial charge in [0.15, 0.2) is 0 Å². The van der Waals surface area contributed by atoms with Gasteiger partial charge in [-0.15, -0.1) is 11.3 Å². The minimum Gasteiger partial charge on any atom is -0.486 e. The Balaban J connectivity index is 1.29. The van der Waals surface area contributed by atoms with Crippen LogP contribution in [0.3, 0.4) is 0 Å². The number of para-hydroxylation sites is 2. The molecule has 0 bridgehead atoms. The van der Waals surface area contributed by atoms with Gasteiger partial charge in [0.05, 0.1) is 24.9 Å². The molecule has 0 atom stereocenters. The van der Waals surface area contributed by atoms with Gasteiger partial charge in [-0.3, -0.25) is 9.59 Å². The van der Waals surface area contributed by atoms with E-state index in [0.717, 1.165) is 57.6 Å². The number of rotatable bonds is 17. The van der Waals surface area contributed by atoms with E-state index in [2.05, 4.69) is 100 Å². The Morgan fingerprint density at radius 1 is 0.639 bits per heavy atom. The Morgan fingerprint density at radius 3 is 1.72 bits per heavy atom. The Morgan fingerprint density at radius 2 is 1.16 bits per heavy atom. The molecule has 11 heteroatoms. The van der Waals surface area contributed by atoms with Crippen LogP contribution < -0.4 is 4.90 Å². The molecule has 2 aromatic heterocycles. The van der Waals surface area contributed by atoms with Crippen molar-refractivity contribution in [3.8, 4) is 32.0 Å². The second kappa shape index (κ2) is 19.7. The number of aromatic nitrogens is 2. The van der Waals surface area contributed by atoms with Crippen molar-refractivity contribution in [3.05, 3.63) is 172 Å². The van der Waals surface area contributed by atoms with E-state index in [4.69, 9.17) is 21.9 Å². The van der Waals surface area contributed by atoms with Crippen molar-refractivity contribution in [2.75, 3.05) is 4.90 Å². The number of benzene rings is 5. The van der Waals surface area contributed by atoms with E-state index in [-0.39, 0.29) is 0 Å². The molecule has 0 saturated carbocycles. The van der Waals surface area contributed by atoms with Crippen molar-refractivity contribution in [1.82, 2.24) is 8.75 Å². The van der Waals surface area contributed by atoms with Gasteiger partial charge in [0.1, 0.15) is 11.0 Å². The molecule has 7 rings (SSSR count). The van der Waals surface area contributed by atoms with E-state index >= 15 is 0 Å². The van der Waals surface area contributed by atoms with Crippen LogP contribution in [0.25, 0.3) is 64.9 Å². The van der Waals surface area contributed by atoms with Gasteiger partial charge >= 0.3 is 11.9 Å². The van der Waals surface area contributed by atoms with E-state index in [1.165, 1.54) is 54.7 Å². The van der Waals surface area contributed by atoms with Crippen LogP contribution in [0.1, 0.15) is 62.1 Å². The minimum atomic E-state index is -1.39. The highest BCUT2D eigenvalue weighted by Crippen LogP contribution is 2.44. The molecule has 0 saturated heterocycles. The molecule has 2 N–H and O–H groups in total. The van der Waals surface area contributed by atoms with Gasteiger partial charge in [-0.25, -0.2) is 9.69 Å². The average molecular weight is 840 g/mol. The van der Waals surface area contributed by atoms with Crippen molar-refractivity contribution in [1.29, 1.82) is 0 Å². The molecule has 5 aromatic carbocycles. The molecule has 0 unspecified atom stereocenters. The molecule has 2 heterocycles. The maximum Gasteiger partial charge on any atom is 0.333 e. The zero-order valence-corrected chi connectivity index (χ0v) is 35.0. The summed E-state index contributed by atoms with van der Waals surface area (Å²) < 4.78 is 9.49. The summed E-state index contributed by atoms with van der Waals surface area (Å²) in [6.45, 7) is 17.0. The Labute approximate surface area is 363 Å². The van der Waals surface area contributed by atoms with Gasteiger partial charge in [0, 0.05) is 37.9 Å². The van der Waals surface area contributed by atoms with E-state index in [0.29, 0.717) is 33.3 Å². The van der Waals surface area contributed by atoms with Crippen molar-refractivity contribution in [2.24, 2.45) is 0 Å². The van der Waals surface area contributed by atoms with Crippen LogP contribution in [-0.4, -0.2) is 30.9 Å². The van der Waals surface area contributed by atoms with Crippen LogP contribution >= 0.6 is 23.1 Å². The summed E-state index contributed by atoms with van der Waals surface area (Å²) in [5.41, 5.74) is 8.89. The monoisotopic (exact) mass is 839 g/mol. The number of aryl methyl sites for hydroxylation is 1. The number of unbranched alkanes of at least 4 members (excludes halogenated alkanes) is 5. The van der Waals surface area contributed by atoms with E-state index in [1.54, 1.807) is 29.5 Å². The number of thiophene rings is 1. The van der Waals surface area contributed by atoms with Crippen LogP contribution in [0.15, 0.2) is 133 Å². The van der Waals surface area contributed by atoms with Crippen molar-refractivity contribution in [2.45, 2.75) is 51.9 Å². The normalized spacial score (nSPS) is 11.6. The third-order valence-corrected chi connectivity index (χ3v) is 12.1. The first-order chi connectivity index (χ1) is 29.8. The number of carboxylic acid groups (broad SMARTS) is 2. The van der Waals surface area contributed by atoms with E-state index in [1.807, 2.05) is 24.3 Å². The van der Waals surface area contributed by atoms with Crippen LogP contribution in [-0.2, 0) is 16.0 Å². The number of carbonyl (C=O) groups is 2. The highest BCUT2D eigenvalue weighted by molar-refractivity contribution is 7.19. The summed E-state index contributed by atoms with van der Waals surface area (Å²) in [7, 11) is 0. The van der Waals surface area contributed by atoms with Gasteiger partial charge in [-0.05, 0) is 107 Å². The number of hydrogen-bond acceptors (Lipinski definition) is 7. The van der Waals surface area contributed by atoms with Crippen molar-refractivity contribution < 1.29 is 19.8 Å². The largest absolute Gasteiger partial charge is 0.486 e. The SMILES string of the molecule is [C-]#[N+]/C(=C\c1cc(/C=C(\[N+]#[C-])C(=O)O)cc(-c2ccc(-c3cc(CCCCCCCC)c(-c4ccc(N(c5ccccc5)c5ccccc5)cc4)s3)c3nsnc23)c1)C(=O)O. The lowest BCUT2D eigenvalue weighted by Gasteiger charge is -2.25. The summed E-state index contributed by atoms with van der Waals surface area (Å²) in [6.07, 6.45) is 10.6. The van der Waals surface area contributed by atoms with Crippen molar-refractivity contribution >= 4 is 75.3 Å². The summed E-state index contributed by atoms with van der Waals surface area (Å²) in [6, 6.07) is 40.7. The Bertz CT molecular complexity index is 2730. The van der Waals surface area contributed by atoms with Gasteiger partial charge in [-0.1, -0.05) is 106 Å². The first-order valence-corrected chi connectivity index (χ1v) is 21.5. The Hall–Kier alpha value is -7.18. The zero-order valence-electron chi connectivity index (χ0n) is 33.4. The molecular formula is C50H41N5O4S2. The molecular weight excluding hydrogens is 799 g/mol. The lowest BCUT2D eigenvalue weighted by molar-refractivity contribution is -0.133. The molecule has 9 nitrogen and oxygen atoms in total. The smallest absolute Gasteiger partial charge is 0.333 e. The fourth-order valence-corrected chi connectivity index (χ4v) is 9.16. The Kier molecular flexibility index (Phi) is 13.6. The highest BCUT2D eigenvalue weighted by atomic mass is 32.1. The fourth-order valence-electron chi connectivity index (χ4n) is 7.35. The summed E-state index contributed by atoms with van der Waals surface area (Å²) >= 11 is 2.82. The molecule has 0 radical (unpaired) electrons. The fraction of sp³-hybridized carbons (Fsp3) is 0.160. The molecule has 7 aromatic rings. The van der Waals surface area contributed by atoms with Gasteiger partial charge in [0.25, 0.3) is 11.4 Å². The number of anilines is 3. The predicted molar refractivity (Wildman–Crippen MR) is 248 cm³/mol. The molecule has 0 spiro atoms. The standard InChI is InChI=1S/C50H41N5O4S2/c1-4-5-6-7-8-11-16-36-32-45(60-48(36)35-21-23-40(24-22-35)55(38-17-12-9-13-18-38)39-19-14-10-15-20-39)42-26-25-41(46-47(42)54-61-53-46)37-28-33(30-43(51-2)49(56)57)27-34(29-37)31-44(52-3)50(58)59/h9-10,12-15,17-32H,4-8,11,16H2,1H3,(H,56,57)(H,58,59)/b43-30-,44-31-. The maximum atomic E-state index is 11.7. The zero-order chi connectivity index (χ0) is 42.7. The molecule has 0 aliphatic rings. The number of hydrogen-bond donors (Lipinski definition) is 2. The third kappa shape index (κ3) is 9.83. The summed E-state index contributed by atoms with van der Waals surface area (Å²) in [5.74, 6) is -2.77.